The van der Waals surface area contributed by atoms with Crippen molar-refractivity contribution in [3.63, 3.8) is 0 Å². The monoisotopic (exact) mass is 455 g/mol. The van der Waals surface area contributed by atoms with E-state index >= 15 is 0 Å². The maximum absolute atomic E-state index is 13.3. The van der Waals surface area contributed by atoms with Gasteiger partial charge in [0, 0.05) is 18.1 Å². The van der Waals surface area contributed by atoms with Gasteiger partial charge < -0.3 is 13.7 Å². The van der Waals surface area contributed by atoms with Gasteiger partial charge in [-0.05, 0) is 78.0 Å². The van der Waals surface area contributed by atoms with E-state index in [0.29, 0.717) is 22.4 Å². The lowest BCUT2D eigenvalue weighted by atomic mass is 10.3. The number of thioether (sulfide) groups is 1. The second-order valence-corrected chi connectivity index (χ2v) is 8.37. The number of nitrogens with zero attached hydrogens (tertiary/aromatic N) is 3. The number of methoxy groups -OCH3 is 1. The van der Waals surface area contributed by atoms with Gasteiger partial charge in [0.2, 0.25) is 0 Å². The summed E-state index contributed by atoms with van der Waals surface area (Å²) < 4.78 is 12.7. The van der Waals surface area contributed by atoms with Crippen molar-refractivity contribution in [3.05, 3.63) is 108 Å². The fraction of sp³-hybridized carbons (Fsp3) is 0.0769. The molecule has 164 valence electrons. The van der Waals surface area contributed by atoms with E-state index in [-0.39, 0.29) is 5.91 Å². The molecule has 4 aromatic rings. The molecule has 0 saturated carbocycles. The summed E-state index contributed by atoms with van der Waals surface area (Å²) >= 11 is 1.36. The highest BCUT2D eigenvalue weighted by molar-refractivity contribution is 8.18. The molecule has 0 atom stereocenters. The Balaban J connectivity index is 1.45. The van der Waals surface area contributed by atoms with Crippen molar-refractivity contribution in [1.82, 2.24) is 9.47 Å². The highest BCUT2D eigenvalue weighted by Crippen LogP contribution is 2.35. The number of hydrogen-bond acceptors (Lipinski definition) is 5. The van der Waals surface area contributed by atoms with Crippen molar-refractivity contribution >= 4 is 34.6 Å². The predicted octanol–water partition coefficient (Wildman–Crippen LogP) is 5.88. The molecular weight excluding hydrogens is 434 g/mol. The molecule has 7 heteroatoms. The van der Waals surface area contributed by atoms with E-state index in [1.807, 2.05) is 95.8 Å². The van der Waals surface area contributed by atoms with Gasteiger partial charge in [-0.15, -0.1) is 0 Å². The molecule has 0 aliphatic carbocycles. The maximum atomic E-state index is 13.3. The molecule has 1 aliphatic heterocycles. The number of aromatic nitrogens is 1. The summed E-state index contributed by atoms with van der Waals surface area (Å²) in [4.78, 5) is 20.3. The Hall–Kier alpha value is -3.97. The van der Waals surface area contributed by atoms with Crippen LogP contribution in [0.5, 0.6) is 5.75 Å². The summed E-state index contributed by atoms with van der Waals surface area (Å²) in [5, 5.41) is 0.607. The molecule has 0 bridgehead atoms. The van der Waals surface area contributed by atoms with Gasteiger partial charge in [0.25, 0.3) is 5.91 Å². The van der Waals surface area contributed by atoms with Crippen LogP contribution >= 0.6 is 11.8 Å². The van der Waals surface area contributed by atoms with Crippen LogP contribution in [0.25, 0.3) is 11.8 Å². The van der Waals surface area contributed by atoms with Crippen molar-refractivity contribution in [3.8, 4) is 11.4 Å². The molecule has 0 unspecified atom stereocenters. The third-order valence-corrected chi connectivity index (χ3v) is 6.15. The number of ether oxygens (including phenoxy) is 1. The maximum Gasteiger partial charge on any atom is 0.267 e. The standard InChI is InChI=1S/C26H21N3O3S/c1-31-22-11-9-20(10-12-22)27-26-29(18-23-8-5-15-32-23)25(30)24(33-26)16-19-13-14-28(17-19)21-6-3-2-4-7-21/h2-17H,18H2,1H3/b24-16+,27-26?. The second-order valence-electron chi connectivity index (χ2n) is 7.36. The van der Waals surface area contributed by atoms with Gasteiger partial charge in [-0.25, -0.2) is 4.99 Å². The number of hydrogen-bond donors (Lipinski definition) is 0. The fourth-order valence-electron chi connectivity index (χ4n) is 3.47. The molecule has 6 nitrogen and oxygen atoms in total. The summed E-state index contributed by atoms with van der Waals surface area (Å²) in [6, 6.07) is 23.1. The second kappa shape index (κ2) is 9.26. The third kappa shape index (κ3) is 4.63. The van der Waals surface area contributed by atoms with Crippen molar-refractivity contribution in [2.75, 3.05) is 7.11 Å². The van der Waals surface area contributed by atoms with Crippen LogP contribution in [-0.2, 0) is 11.3 Å². The van der Waals surface area contributed by atoms with Gasteiger partial charge in [-0.3, -0.25) is 9.69 Å². The summed E-state index contributed by atoms with van der Waals surface area (Å²) in [5.41, 5.74) is 2.75. The van der Waals surface area contributed by atoms with E-state index in [1.165, 1.54) is 11.8 Å². The topological polar surface area (TPSA) is 60.0 Å². The minimum atomic E-state index is -0.101. The highest BCUT2D eigenvalue weighted by atomic mass is 32.2. The molecule has 33 heavy (non-hydrogen) atoms. The van der Waals surface area contributed by atoms with E-state index < -0.39 is 0 Å². The first-order valence-corrected chi connectivity index (χ1v) is 11.2. The first kappa shape index (κ1) is 20.9. The first-order chi connectivity index (χ1) is 16.2. The smallest absolute Gasteiger partial charge is 0.267 e. The van der Waals surface area contributed by atoms with Crippen LogP contribution in [0.1, 0.15) is 11.3 Å². The predicted molar refractivity (Wildman–Crippen MR) is 131 cm³/mol. The number of furan rings is 1. The van der Waals surface area contributed by atoms with Gasteiger partial charge in [0.15, 0.2) is 5.17 Å². The van der Waals surface area contributed by atoms with Gasteiger partial charge >= 0.3 is 0 Å². The van der Waals surface area contributed by atoms with Crippen LogP contribution < -0.4 is 4.74 Å². The van der Waals surface area contributed by atoms with E-state index in [2.05, 4.69) is 0 Å². The number of carbonyl (C=O) groups excluding carboxylic acids is 1. The van der Waals surface area contributed by atoms with Crippen molar-refractivity contribution < 1.29 is 13.9 Å². The summed E-state index contributed by atoms with van der Waals surface area (Å²) in [6.07, 6.45) is 7.49. The van der Waals surface area contributed by atoms with Gasteiger partial charge in [-0.1, -0.05) is 18.2 Å². The average Bonchev–Trinajstić information content (AvgIpc) is 3.59. The van der Waals surface area contributed by atoms with E-state index in [4.69, 9.17) is 14.1 Å². The first-order valence-electron chi connectivity index (χ1n) is 10.4. The highest BCUT2D eigenvalue weighted by Gasteiger charge is 2.34. The summed E-state index contributed by atoms with van der Waals surface area (Å²) in [6.45, 7) is 0.316. The molecule has 0 radical (unpaired) electrons. The fourth-order valence-corrected chi connectivity index (χ4v) is 4.46. The largest absolute Gasteiger partial charge is 0.497 e. The Bertz CT molecular complexity index is 1310. The molecular formula is C26H21N3O3S. The number of rotatable bonds is 6. The Morgan fingerprint density at radius 3 is 2.58 bits per heavy atom. The van der Waals surface area contributed by atoms with Crippen LogP contribution in [-0.4, -0.2) is 27.7 Å². The molecule has 2 aromatic carbocycles. The Kier molecular flexibility index (Phi) is 5.87. The molecule has 0 spiro atoms. The molecule has 2 aromatic heterocycles. The zero-order chi connectivity index (χ0) is 22.6. The summed E-state index contributed by atoms with van der Waals surface area (Å²) in [5.74, 6) is 1.35. The van der Waals surface area contributed by atoms with Crippen LogP contribution in [0.15, 0.2) is 106 Å². The van der Waals surface area contributed by atoms with Gasteiger partial charge in [0.05, 0.1) is 30.5 Å². The normalized spacial score (nSPS) is 16.2. The van der Waals surface area contributed by atoms with Crippen molar-refractivity contribution in [2.24, 2.45) is 4.99 Å². The zero-order valence-corrected chi connectivity index (χ0v) is 18.7. The SMILES string of the molecule is COc1ccc(N=C2S/C(=C/c3ccn(-c4ccccc4)c3)C(=O)N2Cc2ccco2)cc1. The molecule has 3 heterocycles. The van der Waals surface area contributed by atoms with E-state index in [1.54, 1.807) is 18.3 Å². The number of amides is 1. The molecule has 0 N–H and O–H groups in total. The molecule has 1 aliphatic rings. The molecule has 5 rings (SSSR count). The van der Waals surface area contributed by atoms with Crippen LogP contribution in [0.3, 0.4) is 0 Å². The average molecular weight is 456 g/mol. The quantitative estimate of drug-likeness (QED) is 0.341. The molecule has 1 saturated heterocycles. The van der Waals surface area contributed by atoms with Gasteiger partial charge in [0.1, 0.15) is 11.5 Å². The zero-order valence-electron chi connectivity index (χ0n) is 17.9. The third-order valence-electron chi connectivity index (χ3n) is 5.15. The lowest BCUT2D eigenvalue weighted by molar-refractivity contribution is -0.122. The minimum Gasteiger partial charge on any atom is -0.497 e. The Morgan fingerprint density at radius 2 is 1.85 bits per heavy atom. The molecule has 1 fully saturated rings. The lowest BCUT2D eigenvalue weighted by Gasteiger charge is -2.13. The Labute approximate surface area is 195 Å². The number of amidine groups is 1. The van der Waals surface area contributed by atoms with E-state index in [0.717, 1.165) is 22.7 Å². The summed E-state index contributed by atoms with van der Waals surface area (Å²) in [7, 11) is 1.62. The Morgan fingerprint density at radius 1 is 1.03 bits per heavy atom. The van der Waals surface area contributed by atoms with Crippen molar-refractivity contribution in [2.45, 2.75) is 6.54 Å². The van der Waals surface area contributed by atoms with E-state index in [9.17, 15) is 4.79 Å². The lowest BCUT2D eigenvalue weighted by Crippen LogP contribution is -2.28. The minimum absolute atomic E-state index is 0.101. The number of benzene rings is 2. The van der Waals surface area contributed by atoms with Crippen molar-refractivity contribution in [1.29, 1.82) is 0 Å². The molecule has 1 amide bonds. The number of para-hydroxylation sites is 1. The van der Waals surface area contributed by atoms with Crippen LogP contribution in [0, 0.1) is 0 Å². The van der Waals surface area contributed by atoms with Crippen LogP contribution in [0.2, 0.25) is 0 Å². The van der Waals surface area contributed by atoms with Crippen LogP contribution in [0.4, 0.5) is 5.69 Å². The number of carbonyl (C=O) groups is 1. The van der Waals surface area contributed by atoms with Gasteiger partial charge in [-0.2, -0.15) is 0 Å². The number of aliphatic imine (C=N–C) groups is 1.